The summed E-state index contributed by atoms with van der Waals surface area (Å²) in [5.74, 6) is 0. The van der Waals surface area contributed by atoms with Gasteiger partial charge in [-0.05, 0) is 42.7 Å². The standard InChI is InChI=1S/C15H14BrClN2O2/c1-9-3-4-11(12(16)5-9)8-18-14-7-13(17)15(19(20)21)6-10(14)2/h3-7,18H,8H2,1-2H3. The van der Waals surface area contributed by atoms with Crippen LogP contribution in [-0.4, -0.2) is 4.92 Å². The van der Waals surface area contributed by atoms with Gasteiger partial charge >= 0.3 is 0 Å². The third-order valence-corrected chi connectivity index (χ3v) is 4.21. The van der Waals surface area contributed by atoms with Gasteiger partial charge in [-0.15, -0.1) is 0 Å². The number of nitro benzene ring substituents is 1. The van der Waals surface area contributed by atoms with Gasteiger partial charge in [0.25, 0.3) is 5.69 Å². The van der Waals surface area contributed by atoms with E-state index in [4.69, 9.17) is 11.6 Å². The van der Waals surface area contributed by atoms with Gasteiger partial charge in [-0.1, -0.05) is 39.7 Å². The summed E-state index contributed by atoms with van der Waals surface area (Å²) < 4.78 is 1.03. The van der Waals surface area contributed by atoms with Crippen LogP contribution in [0, 0.1) is 24.0 Å². The number of hydrogen-bond acceptors (Lipinski definition) is 3. The monoisotopic (exact) mass is 368 g/mol. The number of halogens is 2. The number of hydrogen-bond donors (Lipinski definition) is 1. The van der Waals surface area contributed by atoms with Gasteiger partial charge < -0.3 is 5.32 Å². The zero-order valence-corrected chi connectivity index (χ0v) is 14.0. The second-order valence-electron chi connectivity index (χ2n) is 4.82. The lowest BCUT2D eigenvalue weighted by atomic mass is 10.1. The maximum Gasteiger partial charge on any atom is 0.288 e. The Kier molecular flexibility index (Phi) is 4.85. The number of aryl methyl sites for hydroxylation is 2. The molecule has 0 fully saturated rings. The minimum atomic E-state index is -0.477. The van der Waals surface area contributed by atoms with Gasteiger partial charge in [-0.25, -0.2) is 0 Å². The molecule has 0 saturated heterocycles. The predicted molar refractivity (Wildman–Crippen MR) is 89.0 cm³/mol. The molecule has 0 heterocycles. The van der Waals surface area contributed by atoms with Crippen LogP contribution in [0.5, 0.6) is 0 Å². The molecular formula is C15H14BrClN2O2. The predicted octanol–water partition coefficient (Wildman–Crippen LogP) is 5.24. The third-order valence-electron chi connectivity index (χ3n) is 3.17. The Balaban J connectivity index is 2.20. The molecule has 0 spiro atoms. The van der Waals surface area contributed by atoms with Crippen LogP contribution in [-0.2, 0) is 6.54 Å². The molecule has 0 atom stereocenters. The van der Waals surface area contributed by atoms with Crippen LogP contribution >= 0.6 is 27.5 Å². The van der Waals surface area contributed by atoms with E-state index in [1.54, 1.807) is 6.07 Å². The largest absolute Gasteiger partial charge is 0.381 e. The fourth-order valence-electron chi connectivity index (χ4n) is 1.98. The second-order valence-corrected chi connectivity index (χ2v) is 6.09. The zero-order valence-electron chi connectivity index (χ0n) is 11.6. The molecule has 0 aliphatic carbocycles. The quantitative estimate of drug-likeness (QED) is 0.592. The first-order valence-corrected chi connectivity index (χ1v) is 7.49. The van der Waals surface area contributed by atoms with E-state index in [-0.39, 0.29) is 10.7 Å². The van der Waals surface area contributed by atoms with Gasteiger partial charge in [0.1, 0.15) is 5.02 Å². The molecular weight excluding hydrogens is 356 g/mol. The maximum atomic E-state index is 10.8. The fourth-order valence-corrected chi connectivity index (χ4v) is 2.85. The van der Waals surface area contributed by atoms with Crippen LogP contribution in [0.1, 0.15) is 16.7 Å². The summed E-state index contributed by atoms with van der Waals surface area (Å²) in [6, 6.07) is 9.20. The molecule has 0 saturated carbocycles. The molecule has 2 aromatic carbocycles. The summed E-state index contributed by atoms with van der Waals surface area (Å²) in [7, 11) is 0. The van der Waals surface area contributed by atoms with Crippen molar-refractivity contribution < 1.29 is 4.92 Å². The average Bonchev–Trinajstić information content (AvgIpc) is 2.40. The van der Waals surface area contributed by atoms with Crippen LogP contribution < -0.4 is 5.32 Å². The number of nitrogens with one attached hydrogen (secondary N) is 1. The number of anilines is 1. The molecule has 2 rings (SSSR count). The van der Waals surface area contributed by atoms with Gasteiger partial charge in [-0.3, -0.25) is 10.1 Å². The lowest BCUT2D eigenvalue weighted by Crippen LogP contribution is -2.03. The first-order chi connectivity index (χ1) is 9.88. The molecule has 4 nitrogen and oxygen atoms in total. The summed E-state index contributed by atoms with van der Waals surface area (Å²) in [4.78, 5) is 10.4. The van der Waals surface area contributed by atoms with Crippen LogP contribution in [0.15, 0.2) is 34.8 Å². The van der Waals surface area contributed by atoms with E-state index in [9.17, 15) is 10.1 Å². The average molecular weight is 370 g/mol. The van der Waals surface area contributed by atoms with E-state index < -0.39 is 4.92 Å². The molecule has 0 aromatic heterocycles. The molecule has 0 aliphatic rings. The first-order valence-electron chi connectivity index (χ1n) is 6.32. The lowest BCUT2D eigenvalue weighted by Gasteiger charge is -2.12. The van der Waals surface area contributed by atoms with Gasteiger partial charge in [0, 0.05) is 22.8 Å². The molecule has 21 heavy (non-hydrogen) atoms. The maximum absolute atomic E-state index is 10.8. The van der Waals surface area contributed by atoms with Crippen LogP contribution in [0.2, 0.25) is 5.02 Å². The van der Waals surface area contributed by atoms with E-state index in [0.717, 1.165) is 21.3 Å². The van der Waals surface area contributed by atoms with Gasteiger partial charge in [0.05, 0.1) is 4.92 Å². The van der Waals surface area contributed by atoms with Gasteiger partial charge in [-0.2, -0.15) is 0 Å². The van der Waals surface area contributed by atoms with Crippen LogP contribution in [0.4, 0.5) is 11.4 Å². The molecule has 1 N–H and O–H groups in total. The normalized spacial score (nSPS) is 10.5. The van der Waals surface area contributed by atoms with Crippen molar-refractivity contribution in [2.45, 2.75) is 20.4 Å². The van der Waals surface area contributed by atoms with Crippen molar-refractivity contribution in [1.82, 2.24) is 0 Å². The number of nitro groups is 1. The summed E-state index contributed by atoms with van der Waals surface area (Å²) in [6.45, 7) is 4.45. The van der Waals surface area contributed by atoms with Crippen molar-refractivity contribution in [2.75, 3.05) is 5.32 Å². The summed E-state index contributed by atoms with van der Waals surface area (Å²) >= 11 is 9.47. The molecule has 0 bridgehead atoms. The SMILES string of the molecule is Cc1ccc(CNc2cc(Cl)c([N+](=O)[O-])cc2C)c(Br)c1. The Hall–Kier alpha value is -1.59. The van der Waals surface area contributed by atoms with E-state index in [1.165, 1.54) is 11.6 Å². The van der Waals surface area contributed by atoms with E-state index in [1.807, 2.05) is 32.0 Å². The molecule has 110 valence electrons. The van der Waals surface area contributed by atoms with Gasteiger partial charge in [0.2, 0.25) is 0 Å². The Morgan fingerprint density at radius 3 is 2.62 bits per heavy atom. The number of benzene rings is 2. The number of rotatable bonds is 4. The second kappa shape index (κ2) is 6.45. The summed E-state index contributed by atoms with van der Waals surface area (Å²) in [5.41, 5.74) is 3.79. The molecule has 6 heteroatoms. The highest BCUT2D eigenvalue weighted by Crippen LogP contribution is 2.31. The third kappa shape index (κ3) is 3.74. The first kappa shape index (κ1) is 15.8. The Bertz CT molecular complexity index is 704. The minimum Gasteiger partial charge on any atom is -0.381 e. The molecule has 0 radical (unpaired) electrons. The topological polar surface area (TPSA) is 55.2 Å². The lowest BCUT2D eigenvalue weighted by molar-refractivity contribution is -0.384. The Morgan fingerprint density at radius 2 is 2.00 bits per heavy atom. The zero-order chi connectivity index (χ0) is 15.6. The smallest absolute Gasteiger partial charge is 0.288 e. The van der Waals surface area contributed by atoms with Crippen LogP contribution in [0.3, 0.4) is 0 Å². The van der Waals surface area contributed by atoms with Crippen molar-refractivity contribution in [3.63, 3.8) is 0 Å². The van der Waals surface area contributed by atoms with Crippen molar-refractivity contribution in [1.29, 1.82) is 0 Å². The highest BCUT2D eigenvalue weighted by atomic mass is 79.9. The Morgan fingerprint density at radius 1 is 1.29 bits per heavy atom. The van der Waals surface area contributed by atoms with Crippen molar-refractivity contribution in [3.05, 3.63) is 66.6 Å². The molecule has 2 aromatic rings. The van der Waals surface area contributed by atoms with E-state index >= 15 is 0 Å². The van der Waals surface area contributed by atoms with E-state index in [2.05, 4.69) is 21.2 Å². The van der Waals surface area contributed by atoms with Gasteiger partial charge in [0.15, 0.2) is 0 Å². The molecule has 0 amide bonds. The van der Waals surface area contributed by atoms with Crippen LogP contribution in [0.25, 0.3) is 0 Å². The van der Waals surface area contributed by atoms with Crippen molar-refractivity contribution in [3.8, 4) is 0 Å². The number of nitrogens with zero attached hydrogens (tertiary/aromatic N) is 1. The highest BCUT2D eigenvalue weighted by Gasteiger charge is 2.15. The van der Waals surface area contributed by atoms with E-state index in [0.29, 0.717) is 6.54 Å². The van der Waals surface area contributed by atoms with Crippen molar-refractivity contribution >= 4 is 38.9 Å². The molecule has 0 aliphatic heterocycles. The summed E-state index contributed by atoms with van der Waals surface area (Å²) in [6.07, 6.45) is 0. The minimum absolute atomic E-state index is 0.0729. The Labute approximate surface area is 136 Å². The fraction of sp³-hybridized carbons (Fsp3) is 0.200. The highest BCUT2D eigenvalue weighted by molar-refractivity contribution is 9.10. The molecule has 0 unspecified atom stereocenters. The van der Waals surface area contributed by atoms with Crippen molar-refractivity contribution in [2.24, 2.45) is 0 Å². The summed E-state index contributed by atoms with van der Waals surface area (Å²) in [5, 5.41) is 14.2.